The van der Waals surface area contributed by atoms with E-state index in [9.17, 15) is 28.1 Å². The van der Waals surface area contributed by atoms with Crippen molar-refractivity contribution >= 4 is 17.3 Å². The average molecular weight is 450 g/mol. The molecule has 1 aliphatic heterocycles. The molecule has 1 aliphatic rings. The molecule has 0 aliphatic carbocycles. The number of halogens is 3. The number of hydrogen-bond acceptors (Lipinski definition) is 5. The lowest BCUT2D eigenvalue weighted by Gasteiger charge is -2.34. The second kappa shape index (κ2) is 9.66. The van der Waals surface area contributed by atoms with E-state index >= 15 is 0 Å². The predicted molar refractivity (Wildman–Crippen MR) is 115 cm³/mol. The molecule has 0 saturated carbocycles. The molecular formula is C22H25F3N4O3. The molecule has 1 heterocycles. The Morgan fingerprint density at radius 2 is 1.75 bits per heavy atom. The largest absolute Gasteiger partial charge is 0.416 e. The van der Waals surface area contributed by atoms with Gasteiger partial charge < -0.3 is 10.2 Å². The fraction of sp³-hybridized carbons (Fsp3) is 0.409. The smallest absolute Gasteiger partial charge is 0.322 e. The summed E-state index contributed by atoms with van der Waals surface area (Å²) in [5.74, 6) is -0.718. The van der Waals surface area contributed by atoms with Gasteiger partial charge in [0.2, 0.25) is 0 Å². The number of anilines is 1. The monoisotopic (exact) mass is 450 g/mol. The number of carbonyl (C=O) groups is 1. The lowest BCUT2D eigenvalue weighted by molar-refractivity contribution is -0.385. The van der Waals surface area contributed by atoms with Gasteiger partial charge in [0.1, 0.15) is 0 Å². The van der Waals surface area contributed by atoms with Gasteiger partial charge in [-0.25, -0.2) is 0 Å². The van der Waals surface area contributed by atoms with Gasteiger partial charge >= 0.3 is 6.18 Å². The molecule has 172 valence electrons. The maximum atomic E-state index is 13.7. The minimum Gasteiger partial charge on any atom is -0.322 e. The second-order valence-electron chi connectivity index (χ2n) is 7.79. The van der Waals surface area contributed by atoms with E-state index < -0.39 is 22.6 Å². The van der Waals surface area contributed by atoms with Crippen LogP contribution in [0.4, 0.5) is 24.5 Å². The Labute approximate surface area is 184 Å². The molecule has 1 saturated heterocycles. The predicted octanol–water partition coefficient (Wildman–Crippen LogP) is 4.31. The first-order valence-corrected chi connectivity index (χ1v) is 10.3. The number of nitrogens with zero attached hydrogens (tertiary/aromatic N) is 3. The fourth-order valence-electron chi connectivity index (χ4n) is 3.71. The number of rotatable bonds is 6. The third-order valence-corrected chi connectivity index (χ3v) is 5.65. The zero-order valence-corrected chi connectivity index (χ0v) is 17.9. The highest BCUT2D eigenvalue weighted by molar-refractivity contribution is 6.04. The summed E-state index contributed by atoms with van der Waals surface area (Å²) in [7, 11) is 0. The molecule has 2 aromatic rings. The number of amides is 1. The first-order chi connectivity index (χ1) is 15.1. The molecule has 7 nitrogen and oxygen atoms in total. The van der Waals surface area contributed by atoms with Gasteiger partial charge in [-0.1, -0.05) is 19.1 Å². The number of piperazine rings is 1. The fourth-order valence-corrected chi connectivity index (χ4v) is 3.71. The van der Waals surface area contributed by atoms with E-state index in [1.807, 2.05) is 4.90 Å². The molecule has 0 aromatic heterocycles. The molecule has 0 bridgehead atoms. The van der Waals surface area contributed by atoms with Crippen LogP contribution in [-0.4, -0.2) is 53.4 Å². The Hall–Kier alpha value is -2.98. The number of nitrogens with one attached hydrogen (secondary N) is 1. The van der Waals surface area contributed by atoms with Crippen LogP contribution < -0.4 is 5.32 Å². The van der Waals surface area contributed by atoms with Crippen LogP contribution in [-0.2, 0) is 12.7 Å². The van der Waals surface area contributed by atoms with Crippen LogP contribution in [0.1, 0.15) is 34.0 Å². The van der Waals surface area contributed by atoms with Crippen LogP contribution in [0.2, 0.25) is 0 Å². The first-order valence-electron chi connectivity index (χ1n) is 10.3. The number of likely N-dealkylation sites (N-methyl/N-ethyl adjacent to an activating group) is 1. The number of alkyl halides is 3. The van der Waals surface area contributed by atoms with Crippen molar-refractivity contribution < 1.29 is 22.9 Å². The summed E-state index contributed by atoms with van der Waals surface area (Å²) in [4.78, 5) is 27.2. The third-order valence-electron chi connectivity index (χ3n) is 5.65. The van der Waals surface area contributed by atoms with Crippen LogP contribution in [0.5, 0.6) is 0 Å². The molecule has 32 heavy (non-hydrogen) atoms. The van der Waals surface area contributed by atoms with Crippen molar-refractivity contribution in [1.29, 1.82) is 0 Å². The molecule has 1 fully saturated rings. The van der Waals surface area contributed by atoms with Gasteiger partial charge in [0, 0.05) is 55.6 Å². The molecule has 0 unspecified atom stereocenters. The topological polar surface area (TPSA) is 78.7 Å². The van der Waals surface area contributed by atoms with Gasteiger partial charge in [0.25, 0.3) is 11.6 Å². The van der Waals surface area contributed by atoms with Crippen LogP contribution in [0.15, 0.2) is 36.4 Å². The van der Waals surface area contributed by atoms with E-state index in [-0.39, 0.29) is 29.0 Å². The molecule has 10 heteroatoms. The van der Waals surface area contributed by atoms with Gasteiger partial charge in [-0.05, 0) is 37.2 Å². The standard InChI is InChI=1S/C22H25F3N4O3/c1-3-27-8-10-28(11-9-27)14-17-6-7-18(13-19(17)22(23,24)25)26-21(30)16-5-4-15(2)20(12-16)29(31)32/h4-7,12-13H,3,8-11,14H2,1-2H3,(H,26,30). The SMILES string of the molecule is CCN1CCN(Cc2ccc(NC(=O)c3ccc(C)c([N+](=O)[O-])c3)cc2C(F)(F)F)CC1. The normalized spacial score (nSPS) is 15.5. The van der Waals surface area contributed by atoms with E-state index in [1.165, 1.54) is 31.2 Å². The third kappa shape index (κ3) is 5.63. The molecule has 3 rings (SSSR count). The number of benzene rings is 2. The van der Waals surface area contributed by atoms with E-state index in [4.69, 9.17) is 0 Å². The number of aryl methyl sites for hydroxylation is 1. The molecule has 0 atom stereocenters. The van der Waals surface area contributed by atoms with Gasteiger partial charge in [-0.3, -0.25) is 19.8 Å². The maximum absolute atomic E-state index is 13.7. The van der Waals surface area contributed by atoms with Crippen LogP contribution in [0, 0.1) is 17.0 Å². The van der Waals surface area contributed by atoms with Crippen molar-refractivity contribution in [3.63, 3.8) is 0 Å². The Morgan fingerprint density at radius 3 is 2.34 bits per heavy atom. The van der Waals surface area contributed by atoms with E-state index in [1.54, 1.807) is 0 Å². The minimum atomic E-state index is -4.58. The molecule has 1 amide bonds. The van der Waals surface area contributed by atoms with Crippen molar-refractivity contribution in [3.05, 3.63) is 68.8 Å². The summed E-state index contributed by atoms with van der Waals surface area (Å²) in [6.07, 6.45) is -4.58. The number of hydrogen-bond donors (Lipinski definition) is 1. The van der Waals surface area contributed by atoms with Crippen LogP contribution in [0.25, 0.3) is 0 Å². The molecule has 0 spiro atoms. The number of carbonyl (C=O) groups excluding carboxylic acids is 1. The van der Waals surface area contributed by atoms with Crippen molar-refractivity contribution in [1.82, 2.24) is 9.80 Å². The van der Waals surface area contributed by atoms with Crippen LogP contribution in [0.3, 0.4) is 0 Å². The first kappa shape index (κ1) is 23.7. The summed E-state index contributed by atoms with van der Waals surface area (Å²) in [6, 6.07) is 7.65. The molecule has 2 aromatic carbocycles. The number of nitro groups is 1. The van der Waals surface area contributed by atoms with Gasteiger partial charge in [0.15, 0.2) is 0 Å². The second-order valence-corrected chi connectivity index (χ2v) is 7.79. The van der Waals surface area contributed by atoms with Crippen LogP contribution >= 0.6 is 0 Å². The zero-order valence-electron chi connectivity index (χ0n) is 17.9. The summed E-state index contributed by atoms with van der Waals surface area (Å²) in [6.45, 7) is 7.69. The summed E-state index contributed by atoms with van der Waals surface area (Å²) in [5.41, 5.74) is -0.532. The minimum absolute atomic E-state index is 0.00581. The summed E-state index contributed by atoms with van der Waals surface area (Å²) in [5, 5.41) is 13.5. The van der Waals surface area contributed by atoms with Crippen molar-refractivity contribution in [2.75, 3.05) is 38.0 Å². The van der Waals surface area contributed by atoms with E-state index in [2.05, 4.69) is 17.1 Å². The lowest BCUT2D eigenvalue weighted by atomic mass is 10.0. The van der Waals surface area contributed by atoms with E-state index in [0.717, 1.165) is 31.8 Å². The van der Waals surface area contributed by atoms with Gasteiger partial charge in [-0.15, -0.1) is 0 Å². The highest BCUT2D eigenvalue weighted by Gasteiger charge is 2.34. The molecule has 0 radical (unpaired) electrons. The highest BCUT2D eigenvalue weighted by Crippen LogP contribution is 2.35. The lowest BCUT2D eigenvalue weighted by Crippen LogP contribution is -2.45. The Morgan fingerprint density at radius 1 is 1.09 bits per heavy atom. The van der Waals surface area contributed by atoms with Crippen molar-refractivity contribution in [3.8, 4) is 0 Å². The van der Waals surface area contributed by atoms with Crippen molar-refractivity contribution in [2.24, 2.45) is 0 Å². The Balaban J connectivity index is 1.79. The Bertz CT molecular complexity index is 1000. The number of nitro benzene ring substituents is 1. The summed E-state index contributed by atoms with van der Waals surface area (Å²) < 4.78 is 41.2. The maximum Gasteiger partial charge on any atom is 0.416 e. The van der Waals surface area contributed by atoms with Crippen molar-refractivity contribution in [2.45, 2.75) is 26.6 Å². The van der Waals surface area contributed by atoms with Gasteiger partial charge in [0.05, 0.1) is 10.5 Å². The van der Waals surface area contributed by atoms with Gasteiger partial charge in [-0.2, -0.15) is 13.2 Å². The Kier molecular flexibility index (Phi) is 7.15. The van der Waals surface area contributed by atoms with E-state index in [0.29, 0.717) is 18.7 Å². The average Bonchev–Trinajstić information content (AvgIpc) is 2.74. The summed E-state index contributed by atoms with van der Waals surface area (Å²) >= 11 is 0. The zero-order chi connectivity index (χ0) is 23.5. The highest BCUT2D eigenvalue weighted by atomic mass is 19.4. The quantitative estimate of drug-likeness (QED) is 0.524. The molecular weight excluding hydrogens is 425 g/mol. The molecule has 1 N–H and O–H groups in total.